The third kappa shape index (κ3) is 1.26. The second-order valence-corrected chi connectivity index (χ2v) is 5.29. The first kappa shape index (κ1) is 7.86. The zero-order valence-corrected chi connectivity index (χ0v) is 8.43. The van der Waals surface area contributed by atoms with E-state index in [1.165, 1.54) is 0 Å². The molecule has 2 heterocycles. The van der Waals surface area contributed by atoms with Gasteiger partial charge in [-0.1, -0.05) is 0 Å². The molecule has 0 radical (unpaired) electrons. The van der Waals surface area contributed by atoms with E-state index in [-0.39, 0.29) is 20.1 Å². The molecule has 1 N–H and O–H groups in total. The van der Waals surface area contributed by atoms with Gasteiger partial charge in [0.15, 0.2) is 0 Å². The van der Waals surface area contributed by atoms with Crippen LogP contribution in [0.2, 0.25) is 0 Å². The molecule has 0 unspecified atom stereocenters. The van der Waals surface area contributed by atoms with E-state index in [0.717, 1.165) is 4.39 Å². The summed E-state index contributed by atoms with van der Waals surface area (Å²) < 4.78 is 1.44. The molecule has 0 saturated heterocycles. The molecule has 12 heavy (non-hydrogen) atoms. The quantitative estimate of drug-likeness (QED) is 0.547. The van der Waals surface area contributed by atoms with E-state index in [4.69, 9.17) is 12.2 Å². The summed E-state index contributed by atoms with van der Waals surface area (Å²) in [7, 11) is 0. The number of nitrogens with zero attached hydrogens (tertiary/aromatic N) is 1. The van der Waals surface area contributed by atoms with E-state index in [9.17, 15) is 4.79 Å². The molecular formula is C7H4N2OSSe. The molecule has 0 atom stereocenters. The number of hydrogen-bond acceptors (Lipinski definition) is 3. The fraction of sp³-hybridized carbons (Fsp3) is 0. The molecule has 0 amide bonds. The van der Waals surface area contributed by atoms with E-state index >= 15 is 0 Å². The fourth-order valence-corrected chi connectivity index (χ4v) is 2.90. The molecule has 0 spiro atoms. The summed E-state index contributed by atoms with van der Waals surface area (Å²) in [5, 5.41) is 0.658. The van der Waals surface area contributed by atoms with Crippen LogP contribution in [0.4, 0.5) is 0 Å². The van der Waals surface area contributed by atoms with Crippen molar-refractivity contribution < 1.29 is 0 Å². The van der Waals surface area contributed by atoms with Gasteiger partial charge in [0.05, 0.1) is 0 Å². The van der Waals surface area contributed by atoms with Gasteiger partial charge in [0.25, 0.3) is 0 Å². The Morgan fingerprint density at radius 2 is 2.42 bits per heavy atom. The number of rotatable bonds is 0. The van der Waals surface area contributed by atoms with Crippen molar-refractivity contribution in [2.45, 2.75) is 0 Å². The van der Waals surface area contributed by atoms with Crippen molar-refractivity contribution in [2.24, 2.45) is 0 Å². The van der Waals surface area contributed by atoms with Crippen LogP contribution in [0, 0.1) is 3.51 Å². The van der Waals surface area contributed by atoms with Crippen molar-refractivity contribution in [3.63, 3.8) is 0 Å². The Morgan fingerprint density at radius 1 is 1.58 bits per heavy atom. The van der Waals surface area contributed by atoms with Crippen molar-refractivity contribution in [2.75, 3.05) is 0 Å². The summed E-state index contributed by atoms with van der Waals surface area (Å²) >= 11 is 4.93. The van der Waals surface area contributed by atoms with Crippen molar-refractivity contribution in [1.29, 1.82) is 0 Å². The van der Waals surface area contributed by atoms with Gasteiger partial charge in [-0.3, -0.25) is 0 Å². The van der Waals surface area contributed by atoms with E-state index in [1.807, 2.05) is 0 Å². The summed E-state index contributed by atoms with van der Waals surface area (Å²) in [5.41, 5.74) is -0.128. The minimum absolute atomic E-state index is 0.0137. The monoisotopic (exact) mass is 244 g/mol. The number of aromatic amines is 1. The average Bonchev–Trinajstić information content (AvgIpc) is 2.04. The molecule has 2 aromatic rings. The van der Waals surface area contributed by atoms with Crippen LogP contribution >= 0.6 is 12.2 Å². The predicted molar refractivity (Wildman–Crippen MR) is 50.1 cm³/mol. The maximum atomic E-state index is 11.3. The van der Waals surface area contributed by atoms with Crippen LogP contribution < -0.4 is 5.56 Å². The van der Waals surface area contributed by atoms with Crippen LogP contribution in [-0.4, -0.2) is 24.5 Å². The van der Waals surface area contributed by atoms with Crippen LogP contribution in [-0.2, 0) is 0 Å². The van der Waals surface area contributed by atoms with Gasteiger partial charge in [-0.2, -0.15) is 0 Å². The molecular weight excluding hydrogens is 239 g/mol. The van der Waals surface area contributed by atoms with Crippen molar-refractivity contribution in [1.82, 2.24) is 9.97 Å². The first-order valence-corrected chi connectivity index (χ1v) is 5.37. The Balaban J connectivity index is 3.09. The molecule has 0 aliphatic rings. The predicted octanol–water partition coefficient (Wildman–Crippen LogP) is 0.710. The second-order valence-electron chi connectivity index (χ2n) is 2.20. The molecule has 2 rings (SSSR count). The number of nitrogens with one attached hydrogen (secondary N) is 1. The van der Waals surface area contributed by atoms with Gasteiger partial charge in [-0.05, 0) is 0 Å². The fourth-order valence-electron chi connectivity index (χ4n) is 0.918. The Morgan fingerprint density at radius 3 is 3.25 bits per heavy atom. The first-order valence-electron chi connectivity index (χ1n) is 3.25. The summed E-state index contributed by atoms with van der Waals surface area (Å²) in [6.45, 7) is 0. The van der Waals surface area contributed by atoms with Gasteiger partial charge in [0.2, 0.25) is 0 Å². The van der Waals surface area contributed by atoms with Crippen molar-refractivity contribution in [3.8, 4) is 0 Å². The standard InChI is InChI=1S/C7H4N2OSSe/c10-5-4-2-1-3-8-6(4)12-7(11)9-5/h1-3H,(H,9,10,11). The van der Waals surface area contributed by atoms with Gasteiger partial charge >= 0.3 is 78.7 Å². The van der Waals surface area contributed by atoms with E-state index < -0.39 is 0 Å². The topological polar surface area (TPSA) is 45.8 Å². The van der Waals surface area contributed by atoms with E-state index in [1.54, 1.807) is 18.3 Å². The van der Waals surface area contributed by atoms with Gasteiger partial charge < -0.3 is 0 Å². The molecule has 5 heteroatoms. The van der Waals surface area contributed by atoms with Crippen molar-refractivity contribution >= 4 is 36.5 Å². The summed E-state index contributed by atoms with van der Waals surface area (Å²) in [6, 6.07) is 3.52. The number of pyridine rings is 1. The van der Waals surface area contributed by atoms with Crippen LogP contribution in [0.25, 0.3) is 9.78 Å². The summed E-state index contributed by atoms with van der Waals surface area (Å²) in [6.07, 6.45) is 1.68. The third-order valence-electron chi connectivity index (χ3n) is 1.42. The van der Waals surface area contributed by atoms with E-state index in [0.29, 0.717) is 8.90 Å². The van der Waals surface area contributed by atoms with Crippen molar-refractivity contribution in [3.05, 3.63) is 32.2 Å². The zero-order valence-electron chi connectivity index (χ0n) is 5.90. The number of hydrogen-bond donors (Lipinski definition) is 1. The summed E-state index contributed by atoms with van der Waals surface area (Å²) in [5.74, 6) is 0. The molecule has 0 fully saturated rings. The molecule has 0 aliphatic heterocycles. The average molecular weight is 243 g/mol. The molecule has 0 aromatic carbocycles. The molecule has 0 bridgehead atoms. The molecule has 0 aliphatic carbocycles. The zero-order chi connectivity index (χ0) is 8.55. The summed E-state index contributed by atoms with van der Waals surface area (Å²) in [4.78, 5) is 18.0. The molecule has 60 valence electrons. The van der Waals surface area contributed by atoms with Crippen LogP contribution in [0.5, 0.6) is 0 Å². The van der Waals surface area contributed by atoms with Gasteiger partial charge in [-0.25, -0.2) is 0 Å². The third-order valence-corrected chi connectivity index (χ3v) is 3.65. The Bertz CT molecular complexity index is 530. The Hall–Kier alpha value is -0.771. The van der Waals surface area contributed by atoms with E-state index in [2.05, 4.69) is 9.97 Å². The SMILES string of the molecule is O=c1[nH]c(=S)[se]c2ncccc12. The molecule has 0 saturated carbocycles. The normalized spacial score (nSPS) is 10.3. The molecule has 3 nitrogen and oxygen atoms in total. The van der Waals surface area contributed by atoms with Gasteiger partial charge in [0.1, 0.15) is 0 Å². The number of fused-ring (bicyclic) bond motifs is 1. The minimum atomic E-state index is -0.128. The first-order chi connectivity index (χ1) is 5.77. The maximum absolute atomic E-state index is 11.3. The molecule has 2 aromatic heterocycles. The van der Waals surface area contributed by atoms with Crippen LogP contribution in [0.1, 0.15) is 0 Å². The number of H-pyrrole nitrogens is 1. The van der Waals surface area contributed by atoms with Crippen LogP contribution in [0.3, 0.4) is 0 Å². The number of aromatic nitrogens is 2. The van der Waals surface area contributed by atoms with Crippen LogP contribution in [0.15, 0.2) is 23.1 Å². The second kappa shape index (κ2) is 2.94. The van der Waals surface area contributed by atoms with Gasteiger partial charge in [-0.15, -0.1) is 0 Å². The Labute approximate surface area is 78.8 Å². The Kier molecular flexibility index (Phi) is 1.92. The van der Waals surface area contributed by atoms with Gasteiger partial charge in [0, 0.05) is 0 Å².